The van der Waals surface area contributed by atoms with Crippen molar-refractivity contribution in [2.75, 3.05) is 13.2 Å². The van der Waals surface area contributed by atoms with Crippen LogP contribution in [0.25, 0.3) is 0 Å². The first kappa shape index (κ1) is 16.0. The average molecular weight is 263 g/mol. The lowest BCUT2D eigenvalue weighted by Crippen LogP contribution is -2.22. The molecular formula is C17H29NO. The molecule has 0 aromatic heterocycles. The van der Waals surface area contributed by atoms with Gasteiger partial charge in [0.2, 0.25) is 0 Å². The molecule has 0 radical (unpaired) electrons. The largest absolute Gasteiger partial charge is 0.494 e. The SMILES string of the molecule is CCNC(CCC(C)C)c1cc(C)ccc1OCC. The zero-order valence-corrected chi connectivity index (χ0v) is 13.1. The zero-order chi connectivity index (χ0) is 14.3. The van der Waals surface area contributed by atoms with Crippen molar-refractivity contribution in [3.63, 3.8) is 0 Å². The molecule has 0 fully saturated rings. The van der Waals surface area contributed by atoms with E-state index in [0.717, 1.165) is 31.2 Å². The molecule has 0 bridgehead atoms. The number of nitrogens with one attached hydrogen (secondary N) is 1. The molecule has 0 saturated heterocycles. The summed E-state index contributed by atoms with van der Waals surface area (Å²) in [4.78, 5) is 0. The van der Waals surface area contributed by atoms with Gasteiger partial charge in [0.05, 0.1) is 6.61 Å². The fraction of sp³-hybridized carbons (Fsp3) is 0.647. The second-order valence-corrected chi connectivity index (χ2v) is 5.56. The van der Waals surface area contributed by atoms with Crippen molar-refractivity contribution in [3.05, 3.63) is 29.3 Å². The maximum absolute atomic E-state index is 5.79. The van der Waals surface area contributed by atoms with Gasteiger partial charge in [-0.3, -0.25) is 0 Å². The van der Waals surface area contributed by atoms with Crippen LogP contribution in [-0.4, -0.2) is 13.2 Å². The summed E-state index contributed by atoms with van der Waals surface area (Å²) in [5.74, 6) is 1.77. The predicted molar refractivity (Wildman–Crippen MR) is 82.8 cm³/mol. The van der Waals surface area contributed by atoms with Crippen LogP contribution in [0.1, 0.15) is 57.7 Å². The highest BCUT2D eigenvalue weighted by molar-refractivity contribution is 5.39. The third-order valence-corrected chi connectivity index (χ3v) is 3.32. The van der Waals surface area contributed by atoms with Gasteiger partial charge in [-0.2, -0.15) is 0 Å². The average Bonchev–Trinajstić information content (AvgIpc) is 2.37. The molecular weight excluding hydrogens is 234 g/mol. The third-order valence-electron chi connectivity index (χ3n) is 3.32. The second kappa shape index (κ2) is 8.21. The van der Waals surface area contributed by atoms with Gasteiger partial charge in [0.25, 0.3) is 0 Å². The lowest BCUT2D eigenvalue weighted by molar-refractivity contribution is 0.328. The van der Waals surface area contributed by atoms with Crippen LogP contribution in [0.2, 0.25) is 0 Å². The van der Waals surface area contributed by atoms with Gasteiger partial charge >= 0.3 is 0 Å². The number of benzene rings is 1. The van der Waals surface area contributed by atoms with E-state index in [4.69, 9.17) is 4.74 Å². The lowest BCUT2D eigenvalue weighted by atomic mass is 9.95. The van der Waals surface area contributed by atoms with Crippen molar-refractivity contribution >= 4 is 0 Å². The summed E-state index contributed by atoms with van der Waals surface area (Å²) >= 11 is 0. The maximum atomic E-state index is 5.79. The minimum atomic E-state index is 0.397. The normalized spacial score (nSPS) is 12.7. The van der Waals surface area contributed by atoms with Gasteiger partial charge in [-0.25, -0.2) is 0 Å². The van der Waals surface area contributed by atoms with Crippen LogP contribution in [0, 0.1) is 12.8 Å². The van der Waals surface area contributed by atoms with Crippen molar-refractivity contribution in [3.8, 4) is 5.75 Å². The molecule has 1 aromatic carbocycles. The molecule has 0 aliphatic carbocycles. The van der Waals surface area contributed by atoms with E-state index in [0.29, 0.717) is 6.04 Å². The highest BCUT2D eigenvalue weighted by Gasteiger charge is 2.16. The smallest absolute Gasteiger partial charge is 0.124 e. The van der Waals surface area contributed by atoms with E-state index in [-0.39, 0.29) is 0 Å². The minimum Gasteiger partial charge on any atom is -0.494 e. The van der Waals surface area contributed by atoms with Gasteiger partial charge < -0.3 is 10.1 Å². The Balaban J connectivity index is 2.94. The minimum absolute atomic E-state index is 0.397. The Morgan fingerprint density at radius 3 is 2.47 bits per heavy atom. The van der Waals surface area contributed by atoms with Gasteiger partial charge in [0, 0.05) is 11.6 Å². The molecule has 108 valence electrons. The van der Waals surface area contributed by atoms with E-state index >= 15 is 0 Å². The molecule has 0 aliphatic rings. The van der Waals surface area contributed by atoms with Crippen LogP contribution < -0.4 is 10.1 Å². The van der Waals surface area contributed by atoms with E-state index in [1.807, 2.05) is 6.92 Å². The molecule has 0 amide bonds. The molecule has 1 N–H and O–H groups in total. The van der Waals surface area contributed by atoms with Crippen LogP contribution in [-0.2, 0) is 0 Å². The van der Waals surface area contributed by atoms with E-state index in [1.165, 1.54) is 17.5 Å². The molecule has 0 saturated carbocycles. The van der Waals surface area contributed by atoms with Crippen molar-refractivity contribution in [1.82, 2.24) is 5.32 Å². The molecule has 0 spiro atoms. The highest BCUT2D eigenvalue weighted by atomic mass is 16.5. The van der Waals surface area contributed by atoms with Gasteiger partial charge in [-0.15, -0.1) is 0 Å². The summed E-state index contributed by atoms with van der Waals surface area (Å²) in [5, 5.41) is 3.60. The fourth-order valence-electron chi connectivity index (χ4n) is 2.34. The first-order chi connectivity index (χ1) is 9.08. The van der Waals surface area contributed by atoms with Gasteiger partial charge in [0.1, 0.15) is 5.75 Å². The molecule has 1 unspecified atom stereocenters. The molecule has 2 nitrogen and oxygen atoms in total. The van der Waals surface area contributed by atoms with Crippen molar-refractivity contribution < 1.29 is 4.74 Å². The third kappa shape index (κ3) is 5.23. The van der Waals surface area contributed by atoms with Gasteiger partial charge in [0.15, 0.2) is 0 Å². The molecule has 2 heteroatoms. The molecule has 1 atom stereocenters. The number of hydrogen-bond donors (Lipinski definition) is 1. The molecule has 0 heterocycles. The van der Waals surface area contributed by atoms with E-state index in [9.17, 15) is 0 Å². The fourth-order valence-corrected chi connectivity index (χ4v) is 2.34. The molecule has 1 rings (SSSR count). The van der Waals surface area contributed by atoms with E-state index in [1.54, 1.807) is 0 Å². The van der Waals surface area contributed by atoms with E-state index < -0.39 is 0 Å². The summed E-state index contributed by atoms with van der Waals surface area (Å²) in [6, 6.07) is 6.89. The number of aryl methyl sites for hydroxylation is 1. The Kier molecular flexibility index (Phi) is 6.93. The van der Waals surface area contributed by atoms with Crippen LogP contribution in [0.3, 0.4) is 0 Å². The van der Waals surface area contributed by atoms with Crippen molar-refractivity contribution in [2.45, 2.75) is 53.5 Å². The number of ether oxygens (including phenoxy) is 1. The summed E-state index contributed by atoms with van der Waals surface area (Å²) in [6.45, 7) is 12.6. The van der Waals surface area contributed by atoms with Gasteiger partial charge in [-0.1, -0.05) is 38.5 Å². The monoisotopic (exact) mass is 263 g/mol. The quantitative estimate of drug-likeness (QED) is 0.746. The zero-order valence-electron chi connectivity index (χ0n) is 13.1. The van der Waals surface area contributed by atoms with Crippen LogP contribution in [0.4, 0.5) is 0 Å². The van der Waals surface area contributed by atoms with Crippen LogP contribution >= 0.6 is 0 Å². The first-order valence-electron chi connectivity index (χ1n) is 7.55. The Labute approximate surface area is 118 Å². The summed E-state index contributed by atoms with van der Waals surface area (Å²) in [6.07, 6.45) is 2.40. The summed E-state index contributed by atoms with van der Waals surface area (Å²) in [7, 11) is 0. The Bertz CT molecular complexity index is 374. The number of rotatable bonds is 8. The second-order valence-electron chi connectivity index (χ2n) is 5.56. The Morgan fingerprint density at radius 1 is 1.16 bits per heavy atom. The first-order valence-corrected chi connectivity index (χ1v) is 7.55. The Hall–Kier alpha value is -1.02. The Morgan fingerprint density at radius 2 is 1.89 bits per heavy atom. The molecule has 19 heavy (non-hydrogen) atoms. The molecule has 1 aromatic rings. The maximum Gasteiger partial charge on any atom is 0.124 e. The summed E-state index contributed by atoms with van der Waals surface area (Å²) in [5.41, 5.74) is 2.61. The van der Waals surface area contributed by atoms with E-state index in [2.05, 4.69) is 51.2 Å². The highest BCUT2D eigenvalue weighted by Crippen LogP contribution is 2.30. The standard InChI is InChI=1S/C17H29NO/c1-6-18-16(10-8-13(3)4)15-12-14(5)9-11-17(15)19-7-2/h9,11-13,16,18H,6-8,10H2,1-5H3. The summed E-state index contributed by atoms with van der Waals surface area (Å²) < 4.78 is 5.79. The van der Waals surface area contributed by atoms with Crippen LogP contribution in [0.5, 0.6) is 5.75 Å². The molecule has 0 aliphatic heterocycles. The van der Waals surface area contributed by atoms with Crippen molar-refractivity contribution in [2.24, 2.45) is 5.92 Å². The predicted octanol–water partition coefficient (Wildman–Crippen LogP) is 4.48. The topological polar surface area (TPSA) is 21.3 Å². The number of hydrogen-bond acceptors (Lipinski definition) is 2. The van der Waals surface area contributed by atoms with Gasteiger partial charge in [-0.05, 0) is 45.2 Å². The lowest BCUT2D eigenvalue weighted by Gasteiger charge is -2.22. The van der Waals surface area contributed by atoms with Crippen LogP contribution in [0.15, 0.2) is 18.2 Å². The van der Waals surface area contributed by atoms with Crippen molar-refractivity contribution in [1.29, 1.82) is 0 Å².